The third kappa shape index (κ3) is 5.09. The first-order chi connectivity index (χ1) is 14.6. The van der Waals surface area contributed by atoms with E-state index in [2.05, 4.69) is 0 Å². The smallest absolute Gasteiger partial charge is 0.227 e. The zero-order chi connectivity index (χ0) is 20.9. The van der Waals surface area contributed by atoms with Crippen LogP contribution in [0.1, 0.15) is 41.3 Å². The molecule has 1 aromatic heterocycles. The molecule has 5 heteroatoms. The summed E-state index contributed by atoms with van der Waals surface area (Å²) in [5.41, 5.74) is 3.58. The molecule has 0 spiro atoms. The molecule has 3 aromatic rings. The third-order valence-electron chi connectivity index (χ3n) is 5.56. The van der Waals surface area contributed by atoms with Gasteiger partial charge in [0, 0.05) is 36.8 Å². The highest BCUT2D eigenvalue weighted by Gasteiger charge is 2.25. The summed E-state index contributed by atoms with van der Waals surface area (Å²) in [6.45, 7) is 1.37. The van der Waals surface area contributed by atoms with Crippen LogP contribution >= 0.6 is 0 Å². The summed E-state index contributed by atoms with van der Waals surface area (Å²) in [4.78, 5) is 19.4. The number of aromatic nitrogens is 1. The number of pyridine rings is 1. The van der Waals surface area contributed by atoms with Gasteiger partial charge in [-0.15, -0.1) is 0 Å². The van der Waals surface area contributed by atoms with Crippen LogP contribution in [-0.2, 0) is 17.6 Å². The van der Waals surface area contributed by atoms with Gasteiger partial charge in [0.25, 0.3) is 0 Å². The van der Waals surface area contributed by atoms with Gasteiger partial charge in [-0.25, -0.2) is 8.78 Å². The quantitative estimate of drug-likeness (QED) is 0.604. The van der Waals surface area contributed by atoms with E-state index < -0.39 is 0 Å². The van der Waals surface area contributed by atoms with Crippen molar-refractivity contribution in [3.63, 3.8) is 0 Å². The van der Waals surface area contributed by atoms with E-state index in [0.29, 0.717) is 13.0 Å². The molecule has 1 unspecified atom stereocenters. The van der Waals surface area contributed by atoms with E-state index >= 15 is 0 Å². The van der Waals surface area contributed by atoms with Crippen molar-refractivity contribution in [1.82, 2.24) is 9.88 Å². The van der Waals surface area contributed by atoms with Crippen molar-refractivity contribution in [2.24, 2.45) is 0 Å². The monoisotopic (exact) mass is 406 g/mol. The van der Waals surface area contributed by atoms with Gasteiger partial charge in [0.15, 0.2) is 0 Å². The highest BCUT2D eigenvalue weighted by Crippen LogP contribution is 2.26. The lowest BCUT2D eigenvalue weighted by Crippen LogP contribution is -2.40. The van der Waals surface area contributed by atoms with Gasteiger partial charge in [0.2, 0.25) is 5.91 Å². The van der Waals surface area contributed by atoms with Crippen molar-refractivity contribution in [3.05, 3.63) is 101 Å². The number of amides is 1. The Morgan fingerprint density at radius 1 is 0.967 bits per heavy atom. The fourth-order valence-corrected chi connectivity index (χ4v) is 4.01. The van der Waals surface area contributed by atoms with Gasteiger partial charge in [-0.1, -0.05) is 30.3 Å². The van der Waals surface area contributed by atoms with Crippen LogP contribution in [0.3, 0.4) is 0 Å². The molecule has 0 radical (unpaired) electrons. The second-order valence-electron chi connectivity index (χ2n) is 7.84. The molecule has 1 amide bonds. The molecule has 1 aliphatic rings. The summed E-state index contributed by atoms with van der Waals surface area (Å²) in [5.74, 6) is -0.301. The molecule has 154 valence electrons. The first-order valence-electron chi connectivity index (χ1n) is 10.3. The fraction of sp³-hybridized carbons (Fsp3) is 0.280. The van der Waals surface area contributed by atoms with Crippen LogP contribution in [-0.4, -0.2) is 28.9 Å². The van der Waals surface area contributed by atoms with Crippen LogP contribution < -0.4 is 0 Å². The molecule has 0 aliphatic carbocycles. The minimum Gasteiger partial charge on any atom is -0.342 e. The SMILES string of the molecule is O=C(Cc1ccc(F)cc1)N1CCCC(c2cccc(Cc3cccc(F)c3)n2)C1. The minimum absolute atomic E-state index is 0.0576. The summed E-state index contributed by atoms with van der Waals surface area (Å²) in [6, 6.07) is 18.6. The molecule has 1 atom stereocenters. The van der Waals surface area contributed by atoms with Crippen molar-refractivity contribution >= 4 is 5.91 Å². The fourth-order valence-electron chi connectivity index (χ4n) is 4.01. The second-order valence-corrected chi connectivity index (χ2v) is 7.84. The number of carbonyl (C=O) groups is 1. The Morgan fingerprint density at radius 2 is 1.77 bits per heavy atom. The summed E-state index contributed by atoms with van der Waals surface area (Å²) >= 11 is 0. The summed E-state index contributed by atoms with van der Waals surface area (Å²) in [6.07, 6.45) is 2.76. The summed E-state index contributed by atoms with van der Waals surface area (Å²) in [7, 11) is 0. The second kappa shape index (κ2) is 9.16. The standard InChI is InChI=1S/C25H24F2N2O/c26-21-11-9-18(10-12-21)16-25(30)29-13-3-5-20(17-29)24-8-2-7-23(28-24)15-19-4-1-6-22(27)14-19/h1-2,4,6-12,14,20H,3,5,13,15-17H2. The lowest BCUT2D eigenvalue weighted by molar-refractivity contribution is -0.131. The predicted molar refractivity (Wildman–Crippen MR) is 112 cm³/mol. The predicted octanol–water partition coefficient (Wildman–Crippen LogP) is 4.90. The summed E-state index contributed by atoms with van der Waals surface area (Å²) < 4.78 is 26.5. The Labute approximate surface area is 175 Å². The van der Waals surface area contributed by atoms with Crippen molar-refractivity contribution in [3.8, 4) is 0 Å². The molecule has 1 saturated heterocycles. The van der Waals surface area contributed by atoms with Crippen LogP contribution in [0.2, 0.25) is 0 Å². The van der Waals surface area contributed by atoms with Crippen LogP contribution in [0.25, 0.3) is 0 Å². The zero-order valence-corrected chi connectivity index (χ0v) is 16.7. The van der Waals surface area contributed by atoms with Gasteiger partial charge in [-0.2, -0.15) is 0 Å². The zero-order valence-electron chi connectivity index (χ0n) is 16.7. The molecule has 0 bridgehead atoms. The number of piperidine rings is 1. The van der Waals surface area contributed by atoms with E-state index in [-0.39, 0.29) is 29.9 Å². The van der Waals surface area contributed by atoms with E-state index in [4.69, 9.17) is 4.98 Å². The average molecular weight is 406 g/mol. The number of rotatable bonds is 5. The van der Waals surface area contributed by atoms with Crippen LogP contribution in [0, 0.1) is 11.6 Å². The highest BCUT2D eigenvalue weighted by molar-refractivity contribution is 5.79. The minimum atomic E-state index is -0.298. The number of likely N-dealkylation sites (tertiary alicyclic amines) is 1. The third-order valence-corrected chi connectivity index (χ3v) is 5.56. The highest BCUT2D eigenvalue weighted by atomic mass is 19.1. The van der Waals surface area contributed by atoms with Crippen LogP contribution in [0.15, 0.2) is 66.7 Å². The van der Waals surface area contributed by atoms with Crippen LogP contribution in [0.5, 0.6) is 0 Å². The number of benzene rings is 2. The van der Waals surface area contributed by atoms with Crippen molar-refractivity contribution < 1.29 is 13.6 Å². The molecule has 0 saturated carbocycles. The van der Waals surface area contributed by atoms with E-state index in [0.717, 1.165) is 41.9 Å². The molecule has 3 nitrogen and oxygen atoms in total. The van der Waals surface area contributed by atoms with E-state index in [1.165, 1.54) is 24.3 Å². The van der Waals surface area contributed by atoms with Gasteiger partial charge in [0.1, 0.15) is 11.6 Å². The maximum absolute atomic E-state index is 13.5. The molecular weight excluding hydrogens is 382 g/mol. The number of hydrogen-bond acceptors (Lipinski definition) is 2. The van der Waals surface area contributed by atoms with Crippen molar-refractivity contribution in [2.75, 3.05) is 13.1 Å². The number of nitrogens with zero attached hydrogens (tertiary/aromatic N) is 2. The Morgan fingerprint density at radius 3 is 2.57 bits per heavy atom. The number of hydrogen-bond donors (Lipinski definition) is 0. The van der Waals surface area contributed by atoms with Gasteiger partial charge < -0.3 is 4.90 Å². The van der Waals surface area contributed by atoms with Gasteiger partial charge in [0.05, 0.1) is 6.42 Å². The normalized spacial score (nSPS) is 16.5. The first kappa shape index (κ1) is 20.2. The maximum atomic E-state index is 13.5. The maximum Gasteiger partial charge on any atom is 0.227 e. The molecule has 30 heavy (non-hydrogen) atoms. The number of carbonyl (C=O) groups excluding carboxylic acids is 1. The largest absolute Gasteiger partial charge is 0.342 e. The summed E-state index contributed by atoms with van der Waals surface area (Å²) in [5, 5.41) is 0. The van der Waals surface area contributed by atoms with Gasteiger partial charge in [-0.05, 0) is 60.4 Å². The Balaban J connectivity index is 1.42. The Kier molecular flexibility index (Phi) is 6.17. The topological polar surface area (TPSA) is 33.2 Å². The van der Waals surface area contributed by atoms with Crippen molar-refractivity contribution in [1.29, 1.82) is 0 Å². The van der Waals surface area contributed by atoms with Gasteiger partial charge in [-0.3, -0.25) is 9.78 Å². The van der Waals surface area contributed by atoms with E-state index in [1.807, 2.05) is 29.2 Å². The molecule has 4 rings (SSSR count). The van der Waals surface area contributed by atoms with Crippen molar-refractivity contribution in [2.45, 2.75) is 31.6 Å². The molecule has 2 heterocycles. The van der Waals surface area contributed by atoms with Crippen LogP contribution in [0.4, 0.5) is 8.78 Å². The van der Waals surface area contributed by atoms with E-state index in [1.54, 1.807) is 18.2 Å². The Bertz CT molecular complexity index is 1020. The lowest BCUT2D eigenvalue weighted by atomic mass is 9.93. The molecule has 1 aliphatic heterocycles. The van der Waals surface area contributed by atoms with Gasteiger partial charge >= 0.3 is 0 Å². The number of halogens is 2. The molecule has 2 aromatic carbocycles. The molecular formula is C25H24F2N2O. The first-order valence-corrected chi connectivity index (χ1v) is 10.3. The van der Waals surface area contributed by atoms with E-state index in [9.17, 15) is 13.6 Å². The lowest BCUT2D eigenvalue weighted by Gasteiger charge is -2.32. The Hall–Kier alpha value is -3.08. The molecule has 1 fully saturated rings. The average Bonchev–Trinajstić information content (AvgIpc) is 2.76. The molecule has 0 N–H and O–H groups in total.